The zero-order valence-electron chi connectivity index (χ0n) is 15.2. The molecule has 2 aromatic carbocycles. The lowest BCUT2D eigenvalue weighted by Crippen LogP contribution is -2.47. The molecule has 160 valence electrons. The summed E-state index contributed by atoms with van der Waals surface area (Å²) in [6.07, 6.45) is -11.4. The molecule has 1 heterocycles. The number of para-hydroxylation sites is 1. The van der Waals surface area contributed by atoms with E-state index in [1.54, 1.807) is 30.3 Å². The standard InChI is InChI=1S/C20H15F6NO3/c21-19(22,23)13-8-12(9-14(11-13)20(24,25)26)10-16(28)18(30)6-7-27(17(18)29)15-4-2-1-3-5-15/h1-5,8-9,11,30H,6-7,10H2/t18-/m0/s1. The Labute approximate surface area is 166 Å². The van der Waals surface area contributed by atoms with Gasteiger partial charge in [0, 0.05) is 25.1 Å². The summed E-state index contributed by atoms with van der Waals surface area (Å²) in [7, 11) is 0. The number of carbonyl (C=O) groups excluding carboxylic acids is 2. The molecule has 4 nitrogen and oxygen atoms in total. The lowest BCUT2D eigenvalue weighted by atomic mass is 9.90. The van der Waals surface area contributed by atoms with Crippen LogP contribution in [0.1, 0.15) is 23.1 Å². The van der Waals surface area contributed by atoms with Gasteiger partial charge in [-0.1, -0.05) is 18.2 Å². The average Bonchev–Trinajstić information content (AvgIpc) is 2.97. The van der Waals surface area contributed by atoms with Gasteiger partial charge >= 0.3 is 12.4 Å². The van der Waals surface area contributed by atoms with Crippen LogP contribution in [0.15, 0.2) is 48.5 Å². The number of halogens is 6. The summed E-state index contributed by atoms with van der Waals surface area (Å²) in [6.45, 7) is -0.0263. The van der Waals surface area contributed by atoms with Crippen molar-refractivity contribution in [2.24, 2.45) is 0 Å². The summed E-state index contributed by atoms with van der Waals surface area (Å²) >= 11 is 0. The Kier molecular flexibility index (Phi) is 5.40. The second kappa shape index (κ2) is 7.42. The highest BCUT2D eigenvalue weighted by atomic mass is 19.4. The van der Waals surface area contributed by atoms with E-state index in [1.807, 2.05) is 0 Å². The first-order valence-corrected chi connectivity index (χ1v) is 8.73. The van der Waals surface area contributed by atoms with Gasteiger partial charge in [0.15, 0.2) is 5.78 Å². The number of nitrogens with zero attached hydrogens (tertiary/aromatic N) is 1. The SMILES string of the molecule is O=C(Cc1cc(C(F)(F)F)cc(C(F)(F)F)c1)[C@@]1(O)CCN(c2ccccc2)C1=O. The summed E-state index contributed by atoms with van der Waals surface area (Å²) in [5, 5.41) is 10.6. The van der Waals surface area contributed by atoms with Crippen molar-refractivity contribution in [3.05, 3.63) is 65.2 Å². The third kappa shape index (κ3) is 4.18. The minimum atomic E-state index is -5.07. The quantitative estimate of drug-likeness (QED) is 0.588. The number of hydrogen-bond donors (Lipinski definition) is 1. The number of hydrogen-bond acceptors (Lipinski definition) is 3. The summed E-state index contributed by atoms with van der Waals surface area (Å²) < 4.78 is 77.9. The highest BCUT2D eigenvalue weighted by Crippen LogP contribution is 2.37. The van der Waals surface area contributed by atoms with Crippen LogP contribution in [-0.4, -0.2) is 28.9 Å². The minimum Gasteiger partial charge on any atom is -0.373 e. The molecule has 1 saturated heterocycles. The van der Waals surface area contributed by atoms with E-state index in [4.69, 9.17) is 0 Å². The van der Waals surface area contributed by atoms with Gasteiger partial charge in [-0.25, -0.2) is 0 Å². The molecule has 0 saturated carbocycles. The molecule has 0 radical (unpaired) electrons. The predicted octanol–water partition coefficient (Wildman–Crippen LogP) is 4.00. The monoisotopic (exact) mass is 431 g/mol. The van der Waals surface area contributed by atoms with Crippen LogP contribution in [0.25, 0.3) is 0 Å². The van der Waals surface area contributed by atoms with Gasteiger partial charge in [-0.3, -0.25) is 9.59 Å². The lowest BCUT2D eigenvalue weighted by Gasteiger charge is -2.22. The Bertz CT molecular complexity index is 938. The van der Waals surface area contributed by atoms with E-state index in [0.29, 0.717) is 17.8 Å². The maximum absolute atomic E-state index is 13.0. The fraction of sp³-hybridized carbons (Fsp3) is 0.300. The van der Waals surface area contributed by atoms with Gasteiger partial charge < -0.3 is 10.0 Å². The van der Waals surface area contributed by atoms with Gasteiger partial charge in [0.25, 0.3) is 5.91 Å². The summed E-state index contributed by atoms with van der Waals surface area (Å²) in [5.74, 6) is -2.14. The third-order valence-corrected chi connectivity index (χ3v) is 4.84. The number of anilines is 1. The van der Waals surface area contributed by atoms with Crippen molar-refractivity contribution >= 4 is 17.4 Å². The van der Waals surface area contributed by atoms with Gasteiger partial charge in [-0.05, 0) is 35.9 Å². The number of aliphatic hydroxyl groups is 1. The molecule has 0 spiro atoms. The first-order valence-electron chi connectivity index (χ1n) is 8.73. The van der Waals surface area contributed by atoms with E-state index in [-0.39, 0.29) is 19.0 Å². The number of carbonyl (C=O) groups is 2. The van der Waals surface area contributed by atoms with E-state index in [1.165, 1.54) is 0 Å². The topological polar surface area (TPSA) is 57.6 Å². The molecule has 30 heavy (non-hydrogen) atoms. The Morgan fingerprint density at radius 3 is 2.00 bits per heavy atom. The number of amides is 1. The molecular weight excluding hydrogens is 416 g/mol. The molecule has 1 aliphatic rings. The van der Waals surface area contributed by atoms with Crippen LogP contribution in [0.5, 0.6) is 0 Å². The van der Waals surface area contributed by atoms with Gasteiger partial charge in [-0.2, -0.15) is 26.3 Å². The average molecular weight is 431 g/mol. The first-order chi connectivity index (χ1) is 13.8. The van der Waals surface area contributed by atoms with Gasteiger partial charge in [0.2, 0.25) is 5.60 Å². The van der Waals surface area contributed by atoms with Crippen LogP contribution < -0.4 is 4.90 Å². The molecule has 3 rings (SSSR count). The molecule has 0 bridgehead atoms. The molecule has 0 unspecified atom stereocenters. The smallest absolute Gasteiger partial charge is 0.373 e. The Morgan fingerprint density at radius 2 is 1.50 bits per heavy atom. The van der Waals surface area contributed by atoms with Gasteiger partial charge in [0.05, 0.1) is 11.1 Å². The van der Waals surface area contributed by atoms with Crippen molar-refractivity contribution in [1.82, 2.24) is 0 Å². The Morgan fingerprint density at radius 1 is 0.967 bits per heavy atom. The zero-order valence-corrected chi connectivity index (χ0v) is 15.2. The summed E-state index contributed by atoms with van der Waals surface area (Å²) in [5.41, 5.74) is -5.86. The van der Waals surface area contributed by atoms with E-state index in [9.17, 15) is 41.0 Å². The van der Waals surface area contributed by atoms with Crippen LogP contribution in [0, 0.1) is 0 Å². The second-order valence-electron chi connectivity index (χ2n) is 6.92. The minimum absolute atomic E-state index is 0.0263. The molecule has 2 aromatic rings. The van der Waals surface area contributed by atoms with Gasteiger partial charge in [0.1, 0.15) is 0 Å². The van der Waals surface area contributed by atoms with Crippen LogP contribution >= 0.6 is 0 Å². The third-order valence-electron chi connectivity index (χ3n) is 4.84. The van der Waals surface area contributed by atoms with Crippen LogP contribution in [0.2, 0.25) is 0 Å². The fourth-order valence-corrected chi connectivity index (χ4v) is 3.27. The molecule has 10 heteroatoms. The van der Waals surface area contributed by atoms with Crippen LogP contribution in [-0.2, 0) is 28.4 Å². The Hall–Kier alpha value is -2.88. The number of rotatable bonds is 4. The lowest BCUT2D eigenvalue weighted by molar-refractivity contribution is -0.148. The van der Waals surface area contributed by atoms with Crippen molar-refractivity contribution in [2.45, 2.75) is 30.8 Å². The molecule has 1 atom stereocenters. The van der Waals surface area contributed by atoms with Crippen LogP contribution in [0.3, 0.4) is 0 Å². The summed E-state index contributed by atoms with van der Waals surface area (Å²) in [4.78, 5) is 26.3. The highest BCUT2D eigenvalue weighted by Gasteiger charge is 2.51. The summed E-state index contributed by atoms with van der Waals surface area (Å²) in [6, 6.07) is 8.84. The molecular formula is C20H15F6NO3. The molecule has 0 aromatic heterocycles. The van der Waals surface area contributed by atoms with E-state index >= 15 is 0 Å². The van der Waals surface area contributed by atoms with E-state index < -0.39 is 52.8 Å². The van der Waals surface area contributed by atoms with E-state index in [0.717, 1.165) is 4.90 Å². The molecule has 1 fully saturated rings. The number of ketones is 1. The second-order valence-corrected chi connectivity index (χ2v) is 6.92. The van der Waals surface area contributed by atoms with Crippen LogP contribution in [0.4, 0.5) is 32.0 Å². The van der Waals surface area contributed by atoms with Crippen molar-refractivity contribution in [1.29, 1.82) is 0 Å². The number of alkyl halides is 6. The van der Waals surface area contributed by atoms with Crippen molar-refractivity contribution in [2.75, 3.05) is 11.4 Å². The molecule has 0 aliphatic carbocycles. The maximum Gasteiger partial charge on any atom is 0.416 e. The number of Topliss-reactive ketones (excluding diaryl/α,β-unsaturated/α-hetero) is 1. The maximum atomic E-state index is 13.0. The number of benzene rings is 2. The Balaban J connectivity index is 1.89. The molecule has 1 amide bonds. The van der Waals surface area contributed by atoms with Gasteiger partial charge in [-0.15, -0.1) is 0 Å². The van der Waals surface area contributed by atoms with Crippen molar-refractivity contribution in [3.63, 3.8) is 0 Å². The fourth-order valence-electron chi connectivity index (χ4n) is 3.27. The molecule has 1 aliphatic heterocycles. The zero-order chi connectivity index (χ0) is 22.3. The highest BCUT2D eigenvalue weighted by molar-refractivity contribution is 6.17. The normalized spacial score (nSPS) is 20.0. The molecule has 1 N–H and O–H groups in total. The predicted molar refractivity (Wildman–Crippen MR) is 93.5 cm³/mol. The van der Waals surface area contributed by atoms with Crippen molar-refractivity contribution < 1.29 is 41.0 Å². The van der Waals surface area contributed by atoms with Crippen molar-refractivity contribution in [3.8, 4) is 0 Å². The van der Waals surface area contributed by atoms with E-state index in [2.05, 4.69) is 0 Å². The largest absolute Gasteiger partial charge is 0.416 e. The first kappa shape index (κ1) is 21.8.